The van der Waals surface area contributed by atoms with Crippen molar-refractivity contribution in [2.24, 2.45) is 5.18 Å². The Kier molecular flexibility index (Phi) is 9.46. The average Bonchev–Trinajstić information content (AvgIpc) is 2.85. The first-order valence-electron chi connectivity index (χ1n) is 11.2. The van der Waals surface area contributed by atoms with E-state index in [-0.39, 0.29) is 18.9 Å². The normalized spacial score (nSPS) is 14.2. The Hall–Kier alpha value is -3.87. The van der Waals surface area contributed by atoms with Crippen LogP contribution in [0.2, 0.25) is 0 Å². The summed E-state index contributed by atoms with van der Waals surface area (Å²) < 4.78 is 16.2. The van der Waals surface area contributed by atoms with Gasteiger partial charge in [0, 0.05) is 0 Å². The zero-order chi connectivity index (χ0) is 24.2. The summed E-state index contributed by atoms with van der Waals surface area (Å²) in [4.78, 5) is 23.6. The number of nitrogens with zero attached hydrogens (tertiary/aromatic N) is 1. The molecule has 0 aromatic heterocycles. The predicted octanol–water partition coefficient (Wildman–Crippen LogP) is 4.61. The molecule has 3 rings (SSSR count). The first-order valence-corrected chi connectivity index (χ1v) is 11.2. The van der Waals surface area contributed by atoms with Crippen LogP contribution >= 0.6 is 0 Å². The van der Waals surface area contributed by atoms with Crippen LogP contribution in [-0.4, -0.2) is 38.8 Å². The first-order chi connectivity index (χ1) is 16.6. The van der Waals surface area contributed by atoms with E-state index in [1.165, 1.54) is 0 Å². The summed E-state index contributed by atoms with van der Waals surface area (Å²) in [6, 6.07) is 13.0. The van der Waals surface area contributed by atoms with Gasteiger partial charge in [-0.25, -0.2) is 0 Å². The van der Waals surface area contributed by atoms with E-state index in [9.17, 15) is 9.70 Å². The van der Waals surface area contributed by atoms with Crippen LogP contribution in [-0.2, 0) is 22.4 Å². The fourth-order valence-electron chi connectivity index (χ4n) is 3.62. The van der Waals surface area contributed by atoms with Crippen molar-refractivity contribution >= 4 is 11.5 Å². The van der Waals surface area contributed by atoms with Gasteiger partial charge in [0.25, 0.3) is 0 Å². The fourth-order valence-corrected chi connectivity index (χ4v) is 3.62. The average molecular weight is 463 g/mol. The Balaban J connectivity index is 1.62. The smallest absolute Gasteiger partial charge is 0.224 e. The van der Waals surface area contributed by atoms with Crippen molar-refractivity contribution < 1.29 is 19.0 Å². The Morgan fingerprint density at radius 2 is 1.85 bits per heavy atom. The molecule has 1 heterocycles. The van der Waals surface area contributed by atoms with Crippen molar-refractivity contribution in [1.82, 2.24) is 5.32 Å². The largest absolute Gasteiger partial charge is 0.504 e. The number of ether oxygens (including phenoxy) is 3. The zero-order valence-electron chi connectivity index (χ0n) is 19.5. The Labute approximate surface area is 200 Å². The lowest BCUT2D eigenvalue weighted by molar-refractivity contribution is -0.121. The van der Waals surface area contributed by atoms with Crippen LogP contribution in [0.15, 0.2) is 78.2 Å². The van der Waals surface area contributed by atoms with Gasteiger partial charge in [-0.3, -0.25) is 4.79 Å². The second kappa shape index (κ2) is 13.0. The molecule has 1 aliphatic heterocycles. The lowest BCUT2D eigenvalue weighted by atomic mass is 10.0. The van der Waals surface area contributed by atoms with Crippen LogP contribution in [0.25, 0.3) is 5.57 Å². The summed E-state index contributed by atoms with van der Waals surface area (Å²) in [7, 11) is 1.60. The maximum Gasteiger partial charge on any atom is 0.224 e. The van der Waals surface area contributed by atoms with Crippen LogP contribution in [0, 0.1) is 4.91 Å². The lowest BCUT2D eigenvalue weighted by Gasteiger charge is -2.20. The predicted molar refractivity (Wildman–Crippen MR) is 133 cm³/mol. The van der Waals surface area contributed by atoms with Crippen molar-refractivity contribution in [3.05, 3.63) is 94.6 Å². The standard InChI is InChI=1S/C27H30N2O5/c1-3-4-5-22(12-13-32-2)23-9-6-20(7-10-23)18-27(30)29-24(19-28-31)16-21-8-11-25-26(17-21)34-15-14-33-25/h3-13,17,24H,14-16,18-19H2,1-2H3,(H,29,30)/b4-3-,13-12+,22-5+/t24-/m0/s1. The molecule has 34 heavy (non-hydrogen) atoms. The third-order valence-electron chi connectivity index (χ3n) is 5.25. The molecule has 0 unspecified atom stereocenters. The number of hydrogen-bond donors (Lipinski definition) is 1. The molecule has 0 saturated heterocycles. The van der Waals surface area contributed by atoms with Gasteiger partial charge in [0.1, 0.15) is 19.8 Å². The number of hydrogen-bond acceptors (Lipinski definition) is 6. The van der Waals surface area contributed by atoms with Crippen molar-refractivity contribution in [3.8, 4) is 11.5 Å². The van der Waals surface area contributed by atoms with Gasteiger partial charge in [0.2, 0.25) is 5.91 Å². The van der Waals surface area contributed by atoms with Gasteiger partial charge in [0.05, 0.1) is 25.8 Å². The number of rotatable bonds is 11. The van der Waals surface area contributed by atoms with Gasteiger partial charge < -0.3 is 19.5 Å². The molecule has 0 saturated carbocycles. The monoisotopic (exact) mass is 462 g/mol. The second-order valence-corrected chi connectivity index (χ2v) is 7.82. The molecule has 0 bridgehead atoms. The van der Waals surface area contributed by atoms with E-state index in [1.807, 2.05) is 73.7 Å². The minimum atomic E-state index is -0.401. The van der Waals surface area contributed by atoms with Gasteiger partial charge in [-0.2, -0.15) is 4.91 Å². The Bertz CT molecular complexity index is 1060. The molecular formula is C27H30N2O5. The molecule has 1 N–H and O–H groups in total. The summed E-state index contributed by atoms with van der Waals surface area (Å²) in [6.07, 6.45) is 10.1. The van der Waals surface area contributed by atoms with E-state index in [0.717, 1.165) is 22.3 Å². The molecule has 178 valence electrons. The SMILES string of the molecule is C\C=C/C=C(\C=C\OC)c1ccc(CC(=O)N[C@H](CN=O)Cc2ccc3c(c2)OCCO3)cc1. The summed E-state index contributed by atoms with van der Waals surface area (Å²) in [5, 5.41) is 5.95. The third kappa shape index (κ3) is 7.33. The molecule has 0 aliphatic carbocycles. The number of carbonyl (C=O) groups is 1. The minimum Gasteiger partial charge on any atom is -0.504 e. The summed E-state index contributed by atoms with van der Waals surface area (Å²) in [5.74, 6) is 1.22. The number of nitroso groups, excluding NO2 is 1. The summed E-state index contributed by atoms with van der Waals surface area (Å²) >= 11 is 0. The summed E-state index contributed by atoms with van der Waals surface area (Å²) in [5.41, 5.74) is 3.82. The number of amides is 1. The van der Waals surface area contributed by atoms with Crippen LogP contribution < -0.4 is 14.8 Å². The van der Waals surface area contributed by atoms with Crippen molar-refractivity contribution in [1.29, 1.82) is 0 Å². The maximum atomic E-state index is 12.7. The molecule has 0 radical (unpaired) electrons. The van der Waals surface area contributed by atoms with Crippen LogP contribution in [0.4, 0.5) is 0 Å². The van der Waals surface area contributed by atoms with E-state index in [1.54, 1.807) is 13.4 Å². The number of methoxy groups -OCH3 is 1. The molecule has 2 aromatic rings. The Morgan fingerprint density at radius 3 is 2.56 bits per heavy atom. The molecule has 1 amide bonds. The van der Waals surface area contributed by atoms with Gasteiger partial charge in [0.15, 0.2) is 11.5 Å². The van der Waals surface area contributed by atoms with E-state index < -0.39 is 6.04 Å². The number of carbonyl (C=O) groups excluding carboxylic acids is 1. The topological polar surface area (TPSA) is 86.2 Å². The first kappa shape index (κ1) is 24.8. The molecule has 1 aliphatic rings. The number of nitrogens with one attached hydrogen (secondary N) is 1. The minimum absolute atomic E-state index is 0.00987. The van der Waals surface area contributed by atoms with Crippen LogP contribution in [0.5, 0.6) is 11.5 Å². The van der Waals surface area contributed by atoms with Gasteiger partial charge in [-0.1, -0.05) is 53.7 Å². The zero-order valence-corrected chi connectivity index (χ0v) is 19.5. The Morgan fingerprint density at radius 1 is 1.12 bits per heavy atom. The molecule has 0 spiro atoms. The van der Waals surface area contributed by atoms with E-state index in [2.05, 4.69) is 10.5 Å². The van der Waals surface area contributed by atoms with Crippen LogP contribution in [0.3, 0.4) is 0 Å². The van der Waals surface area contributed by atoms with Crippen LogP contribution in [0.1, 0.15) is 23.6 Å². The molecule has 1 atom stereocenters. The van der Waals surface area contributed by atoms with Gasteiger partial charge in [-0.15, -0.1) is 0 Å². The van der Waals surface area contributed by atoms with Gasteiger partial charge >= 0.3 is 0 Å². The number of fused-ring (bicyclic) bond motifs is 1. The molecule has 7 nitrogen and oxygen atoms in total. The highest BCUT2D eigenvalue weighted by atomic mass is 16.6. The van der Waals surface area contributed by atoms with E-state index in [0.29, 0.717) is 31.1 Å². The number of benzene rings is 2. The quantitative estimate of drug-likeness (QED) is 0.299. The van der Waals surface area contributed by atoms with Gasteiger partial charge in [-0.05, 0) is 53.8 Å². The highest BCUT2D eigenvalue weighted by Gasteiger charge is 2.17. The highest BCUT2D eigenvalue weighted by molar-refractivity contribution is 5.80. The summed E-state index contributed by atoms with van der Waals surface area (Å²) in [6.45, 7) is 2.97. The van der Waals surface area contributed by atoms with Crippen molar-refractivity contribution in [2.75, 3.05) is 26.9 Å². The highest BCUT2D eigenvalue weighted by Crippen LogP contribution is 2.31. The number of allylic oxidation sites excluding steroid dienone is 5. The van der Waals surface area contributed by atoms with Crippen molar-refractivity contribution in [2.45, 2.75) is 25.8 Å². The lowest BCUT2D eigenvalue weighted by Crippen LogP contribution is -2.39. The molecular weight excluding hydrogens is 432 g/mol. The molecule has 2 aromatic carbocycles. The van der Waals surface area contributed by atoms with E-state index in [4.69, 9.17) is 14.2 Å². The third-order valence-corrected chi connectivity index (χ3v) is 5.25. The maximum absolute atomic E-state index is 12.7. The van der Waals surface area contributed by atoms with E-state index >= 15 is 0 Å². The molecule has 7 heteroatoms. The van der Waals surface area contributed by atoms with Crippen molar-refractivity contribution in [3.63, 3.8) is 0 Å². The molecule has 0 fully saturated rings. The second-order valence-electron chi connectivity index (χ2n) is 7.82. The fraction of sp³-hybridized carbons (Fsp3) is 0.296.